The molecule has 2 saturated heterocycles. The Labute approximate surface area is 271 Å². The topological polar surface area (TPSA) is 73.8 Å². The van der Waals surface area contributed by atoms with E-state index in [1.165, 1.54) is 22.3 Å². The summed E-state index contributed by atoms with van der Waals surface area (Å²) in [6, 6.07) is 20.1. The normalized spacial score (nSPS) is 34.1. The van der Waals surface area contributed by atoms with Crippen LogP contribution in [0.15, 0.2) is 48.5 Å². The predicted octanol–water partition coefficient (Wildman–Crippen LogP) is 4.55. The van der Waals surface area contributed by atoms with Crippen LogP contribution in [0.3, 0.4) is 0 Å². The molecule has 0 bridgehead atoms. The molecular weight excluding hydrogens is 677 g/mol. The van der Waals surface area contributed by atoms with Gasteiger partial charge in [0.1, 0.15) is 0 Å². The molecule has 43 heavy (non-hydrogen) atoms. The van der Waals surface area contributed by atoms with Gasteiger partial charge in [0.15, 0.2) is 0 Å². The minimum absolute atomic E-state index is 0.944. The molecule has 0 N–H and O–H groups in total. The zero-order valence-electron chi connectivity index (χ0n) is 27.3. The molecule has 2 aromatic carbocycles. The van der Waals surface area contributed by atoms with E-state index in [9.17, 15) is 0 Å². The third-order valence-corrected chi connectivity index (χ3v) is 35.9. The van der Waals surface area contributed by atoms with E-state index in [2.05, 4.69) is 101 Å². The van der Waals surface area contributed by atoms with E-state index in [0.29, 0.717) is 0 Å². The van der Waals surface area contributed by atoms with Crippen LogP contribution in [-0.4, -0.2) is 72.8 Å². The van der Waals surface area contributed by atoms with Crippen molar-refractivity contribution in [1.82, 2.24) is 0 Å². The van der Waals surface area contributed by atoms with Gasteiger partial charge in [0.2, 0.25) is 0 Å². The molecule has 4 unspecified atom stereocenters. The first-order chi connectivity index (χ1) is 20.4. The number of aryl methyl sites for hydroxylation is 2. The Morgan fingerprint density at radius 2 is 0.721 bits per heavy atom. The van der Waals surface area contributed by atoms with Crippen molar-refractivity contribution >= 4 is 72.8 Å². The standard InChI is InChI=1S/C27H52O8Si8/c1-36-28-38(3)32-42(7,33-39(4)29-36)21-9-11-24-13-17-26(18-14-24)23-27-19-15-25(16-20-27)12-10-22-43(8)34-40(5)30-37(2)31-41(6)35-43/h13-20,36-41H,9-12,21-23H2,1-8H3. The molecule has 0 amide bonds. The summed E-state index contributed by atoms with van der Waals surface area (Å²) in [7, 11) is -14.4. The Kier molecular flexibility index (Phi) is 13.8. The van der Waals surface area contributed by atoms with Crippen molar-refractivity contribution in [2.45, 2.75) is 96.6 Å². The van der Waals surface area contributed by atoms with Gasteiger partial charge in [0.05, 0.1) is 0 Å². The molecule has 4 rings (SSSR count). The highest BCUT2D eigenvalue weighted by Gasteiger charge is 2.40. The van der Waals surface area contributed by atoms with Crippen molar-refractivity contribution < 1.29 is 32.9 Å². The Bertz CT molecular complexity index is 1020. The van der Waals surface area contributed by atoms with Crippen molar-refractivity contribution in [2.75, 3.05) is 0 Å². The molecule has 0 spiro atoms. The van der Waals surface area contributed by atoms with Crippen molar-refractivity contribution in [2.24, 2.45) is 0 Å². The molecule has 0 saturated carbocycles. The van der Waals surface area contributed by atoms with E-state index in [-0.39, 0.29) is 0 Å². The summed E-state index contributed by atoms with van der Waals surface area (Å²) in [5, 5.41) is 0. The van der Waals surface area contributed by atoms with Crippen LogP contribution in [0.5, 0.6) is 0 Å². The molecule has 0 radical (unpaired) electrons. The van der Waals surface area contributed by atoms with Crippen molar-refractivity contribution in [3.63, 3.8) is 0 Å². The maximum absolute atomic E-state index is 6.43. The van der Waals surface area contributed by atoms with Crippen LogP contribution in [0.4, 0.5) is 0 Å². The van der Waals surface area contributed by atoms with E-state index in [1.54, 1.807) is 0 Å². The summed E-state index contributed by atoms with van der Waals surface area (Å²) in [4.78, 5) is 0. The minimum atomic E-state index is -2.25. The highest BCUT2D eigenvalue weighted by molar-refractivity contribution is 6.81. The zero-order chi connectivity index (χ0) is 31.0. The fourth-order valence-electron chi connectivity index (χ4n) is 6.06. The molecular formula is C27H52O8Si8. The minimum Gasteiger partial charge on any atom is -0.420 e. The predicted molar refractivity (Wildman–Crippen MR) is 192 cm³/mol. The van der Waals surface area contributed by atoms with Gasteiger partial charge >= 0.3 is 17.1 Å². The highest BCUT2D eigenvalue weighted by atomic mass is 28.5. The smallest absolute Gasteiger partial charge is 0.317 e. The van der Waals surface area contributed by atoms with E-state index < -0.39 is 72.8 Å². The third-order valence-electron chi connectivity index (χ3n) is 7.84. The van der Waals surface area contributed by atoms with Gasteiger partial charge in [-0.1, -0.05) is 48.5 Å². The van der Waals surface area contributed by atoms with E-state index in [0.717, 1.165) is 44.2 Å². The second-order valence-electron chi connectivity index (χ2n) is 12.2. The van der Waals surface area contributed by atoms with Crippen molar-refractivity contribution in [1.29, 1.82) is 0 Å². The lowest BCUT2D eigenvalue weighted by molar-refractivity contribution is 0.271. The lowest BCUT2D eigenvalue weighted by Crippen LogP contribution is -2.53. The van der Waals surface area contributed by atoms with Crippen LogP contribution in [0.1, 0.15) is 35.1 Å². The van der Waals surface area contributed by atoms with Gasteiger partial charge in [0.25, 0.3) is 55.7 Å². The molecule has 2 aliphatic heterocycles. The van der Waals surface area contributed by atoms with E-state index in [1.807, 2.05) is 0 Å². The highest BCUT2D eigenvalue weighted by Crippen LogP contribution is 2.25. The summed E-state index contributed by atoms with van der Waals surface area (Å²) >= 11 is 0. The molecule has 8 nitrogen and oxygen atoms in total. The number of hydrogen-bond donors (Lipinski definition) is 0. The molecule has 0 aromatic heterocycles. The van der Waals surface area contributed by atoms with E-state index in [4.69, 9.17) is 32.9 Å². The second kappa shape index (κ2) is 16.6. The van der Waals surface area contributed by atoms with Gasteiger partial charge in [-0.15, -0.1) is 0 Å². The molecule has 2 aromatic rings. The first kappa shape index (κ1) is 35.7. The van der Waals surface area contributed by atoms with Crippen LogP contribution >= 0.6 is 0 Å². The maximum Gasteiger partial charge on any atom is 0.317 e. The number of rotatable bonds is 10. The van der Waals surface area contributed by atoms with Gasteiger partial charge in [-0.2, -0.15) is 0 Å². The Morgan fingerprint density at radius 3 is 1.02 bits per heavy atom. The summed E-state index contributed by atoms with van der Waals surface area (Å²) in [6.07, 6.45) is 5.12. The molecule has 2 heterocycles. The monoisotopic (exact) mass is 728 g/mol. The van der Waals surface area contributed by atoms with Crippen molar-refractivity contribution in [3.8, 4) is 0 Å². The van der Waals surface area contributed by atoms with Crippen LogP contribution < -0.4 is 0 Å². The van der Waals surface area contributed by atoms with E-state index >= 15 is 0 Å². The summed E-state index contributed by atoms with van der Waals surface area (Å²) in [5.74, 6) is 0. The van der Waals surface area contributed by atoms with Gasteiger partial charge in [0, 0.05) is 0 Å². The van der Waals surface area contributed by atoms with Crippen molar-refractivity contribution in [3.05, 3.63) is 70.8 Å². The van der Waals surface area contributed by atoms with Gasteiger partial charge in [-0.05, 0) is 119 Å². The SMILES string of the molecule is C[SiH]1O[SiH](C)O[Si](C)(CCCc2ccc(Cc3ccc(CCC[Si]4(C)O[SiH](C)O[SiH](C)O[SiH](C)O4)cc3)cc2)O[SiH](C)O1. The van der Waals surface area contributed by atoms with Gasteiger partial charge in [-0.3, -0.25) is 0 Å². The van der Waals surface area contributed by atoms with Crippen LogP contribution in [0, 0.1) is 0 Å². The second-order valence-corrected chi connectivity index (χ2v) is 32.7. The third kappa shape index (κ3) is 12.2. The van der Waals surface area contributed by atoms with Crippen LogP contribution in [-0.2, 0) is 52.2 Å². The average Bonchev–Trinajstić information content (AvgIpc) is 2.88. The van der Waals surface area contributed by atoms with Gasteiger partial charge in [-0.25, -0.2) is 0 Å². The summed E-state index contributed by atoms with van der Waals surface area (Å²) < 4.78 is 50.0. The maximum atomic E-state index is 6.43. The number of hydrogen-bond acceptors (Lipinski definition) is 8. The Balaban J connectivity index is 1.20. The first-order valence-electron chi connectivity index (χ1n) is 15.9. The molecule has 0 aliphatic carbocycles. The fraction of sp³-hybridized carbons (Fsp3) is 0.556. The first-order valence-corrected chi connectivity index (χ1v) is 33.5. The summed E-state index contributed by atoms with van der Waals surface area (Å²) in [5.41, 5.74) is 5.41. The quantitative estimate of drug-likeness (QED) is 0.331. The molecule has 240 valence electrons. The Hall–Kier alpha value is -0.145. The molecule has 2 aliphatic rings. The average molecular weight is 729 g/mol. The van der Waals surface area contributed by atoms with Gasteiger partial charge < -0.3 is 32.9 Å². The summed E-state index contributed by atoms with van der Waals surface area (Å²) in [6.45, 7) is 17.0. The molecule has 4 atom stereocenters. The molecule has 2 fully saturated rings. The largest absolute Gasteiger partial charge is 0.420 e. The molecule has 16 heteroatoms. The lowest BCUT2D eigenvalue weighted by Gasteiger charge is -2.37. The fourth-order valence-corrected chi connectivity index (χ4v) is 35.5. The van der Waals surface area contributed by atoms with Crippen LogP contribution in [0.2, 0.25) is 64.5 Å². The lowest BCUT2D eigenvalue weighted by atomic mass is 10.0. The zero-order valence-corrected chi connectivity index (χ0v) is 36.2. The number of benzene rings is 2. The Morgan fingerprint density at radius 1 is 0.442 bits per heavy atom. The van der Waals surface area contributed by atoms with Crippen LogP contribution in [0.25, 0.3) is 0 Å².